The van der Waals surface area contributed by atoms with Crippen LogP contribution >= 0.6 is 23.4 Å². The van der Waals surface area contributed by atoms with E-state index in [1.165, 1.54) is 6.33 Å². The van der Waals surface area contributed by atoms with Gasteiger partial charge in [0.15, 0.2) is 0 Å². The topological polar surface area (TPSA) is 45.2 Å². The largest absolute Gasteiger partial charge is 0.270 e. The second kappa shape index (κ2) is 7.11. The van der Waals surface area contributed by atoms with Gasteiger partial charge in [0.2, 0.25) is 11.2 Å². The Morgan fingerprint density at radius 3 is 2.33 bits per heavy atom. The summed E-state index contributed by atoms with van der Waals surface area (Å²) in [5, 5.41) is 4.51. The molecule has 0 spiro atoms. The second-order valence-electron chi connectivity index (χ2n) is 4.44. The lowest BCUT2D eigenvalue weighted by molar-refractivity contribution is 0.216. The predicted molar refractivity (Wildman–Crippen MR) is 77.8 cm³/mol. The van der Waals surface area contributed by atoms with Gasteiger partial charge in [-0.05, 0) is 45.6 Å². The smallest absolute Gasteiger partial charge is 0.244 e. The molecule has 5 nitrogen and oxygen atoms in total. The first kappa shape index (κ1) is 15.5. The van der Waals surface area contributed by atoms with Crippen LogP contribution in [0.2, 0.25) is 5.28 Å². The molecule has 0 atom stereocenters. The molecule has 0 aliphatic heterocycles. The maximum atomic E-state index is 5.84. The summed E-state index contributed by atoms with van der Waals surface area (Å²) in [4.78, 5) is 12.2. The molecule has 18 heavy (non-hydrogen) atoms. The molecule has 0 bridgehead atoms. The van der Waals surface area contributed by atoms with Crippen LogP contribution in [0.4, 0.5) is 5.95 Å². The van der Waals surface area contributed by atoms with Gasteiger partial charge in [-0.3, -0.25) is 5.01 Å². The molecule has 0 radical (unpaired) electrons. The van der Waals surface area contributed by atoms with E-state index in [0.29, 0.717) is 12.0 Å². The van der Waals surface area contributed by atoms with Crippen molar-refractivity contribution in [2.45, 2.75) is 39.8 Å². The molecule has 0 unspecified atom stereocenters. The number of thioether (sulfide) groups is 1. The van der Waals surface area contributed by atoms with Crippen LogP contribution in [0.25, 0.3) is 0 Å². The fourth-order valence-corrected chi connectivity index (χ4v) is 2.42. The van der Waals surface area contributed by atoms with E-state index in [1.54, 1.807) is 11.8 Å². The minimum Gasteiger partial charge on any atom is -0.270 e. The first-order valence-corrected chi connectivity index (χ1v) is 7.63. The van der Waals surface area contributed by atoms with Gasteiger partial charge < -0.3 is 0 Å². The Balaban J connectivity index is 3.07. The van der Waals surface area contributed by atoms with Crippen molar-refractivity contribution in [1.29, 1.82) is 0 Å². The molecule has 0 amide bonds. The summed E-state index contributed by atoms with van der Waals surface area (Å²) in [5.74, 6) is 1.46. The van der Waals surface area contributed by atoms with Gasteiger partial charge in [0.05, 0.1) is 5.88 Å². The highest BCUT2D eigenvalue weighted by molar-refractivity contribution is 7.98. The Bertz CT molecular complexity index is 374. The fraction of sp³-hybridized carbons (Fsp3) is 0.727. The van der Waals surface area contributed by atoms with Gasteiger partial charge in [-0.1, -0.05) is 0 Å². The number of nitrogens with zero attached hydrogens (tertiary/aromatic N) is 5. The number of aromatic nitrogens is 3. The SMILES string of the molecule is CSCN(C(C)C)N(c1ncnc(Cl)n1)C(C)C. The molecule has 0 aliphatic carbocycles. The zero-order valence-corrected chi connectivity index (χ0v) is 13.0. The van der Waals surface area contributed by atoms with Crippen molar-refractivity contribution in [3.8, 4) is 0 Å². The van der Waals surface area contributed by atoms with Gasteiger partial charge >= 0.3 is 0 Å². The van der Waals surface area contributed by atoms with E-state index in [9.17, 15) is 0 Å². The summed E-state index contributed by atoms with van der Waals surface area (Å²) in [6, 6.07) is 0.605. The molecule has 0 aromatic carbocycles. The highest BCUT2D eigenvalue weighted by atomic mass is 35.5. The molecule has 0 N–H and O–H groups in total. The van der Waals surface area contributed by atoms with Crippen molar-refractivity contribution in [3.05, 3.63) is 11.6 Å². The van der Waals surface area contributed by atoms with Gasteiger partial charge in [0, 0.05) is 12.1 Å². The Morgan fingerprint density at radius 2 is 1.89 bits per heavy atom. The van der Waals surface area contributed by atoms with Crippen LogP contribution < -0.4 is 5.01 Å². The summed E-state index contributed by atoms with van der Waals surface area (Å²) < 4.78 is 0. The summed E-state index contributed by atoms with van der Waals surface area (Å²) >= 11 is 7.61. The molecule has 0 fully saturated rings. The Kier molecular flexibility index (Phi) is 6.11. The number of hydrogen-bond acceptors (Lipinski definition) is 6. The van der Waals surface area contributed by atoms with Crippen molar-refractivity contribution in [2.24, 2.45) is 0 Å². The van der Waals surface area contributed by atoms with E-state index in [1.807, 2.05) is 0 Å². The van der Waals surface area contributed by atoms with Gasteiger partial charge in [-0.25, -0.2) is 9.99 Å². The van der Waals surface area contributed by atoms with Crippen molar-refractivity contribution >= 4 is 29.3 Å². The Labute approximate surface area is 118 Å². The molecule has 0 saturated carbocycles. The number of rotatable bonds is 6. The minimum absolute atomic E-state index is 0.221. The normalized spacial score (nSPS) is 11.6. The second-order valence-corrected chi connectivity index (χ2v) is 5.62. The number of anilines is 1. The summed E-state index contributed by atoms with van der Waals surface area (Å²) in [5.41, 5.74) is 0. The third-order valence-corrected chi connectivity index (χ3v) is 3.06. The van der Waals surface area contributed by atoms with Crippen LogP contribution in [0.15, 0.2) is 6.33 Å². The van der Waals surface area contributed by atoms with Crippen molar-refractivity contribution in [2.75, 3.05) is 17.1 Å². The Morgan fingerprint density at radius 1 is 1.22 bits per heavy atom. The molecule has 1 rings (SSSR count). The lowest BCUT2D eigenvalue weighted by Crippen LogP contribution is -2.51. The van der Waals surface area contributed by atoms with Crippen LogP contribution in [0.5, 0.6) is 0 Å². The van der Waals surface area contributed by atoms with Crippen LogP contribution in [0.1, 0.15) is 27.7 Å². The van der Waals surface area contributed by atoms with Crippen molar-refractivity contribution in [3.63, 3.8) is 0 Å². The minimum atomic E-state index is 0.221. The first-order chi connectivity index (χ1) is 8.47. The van der Waals surface area contributed by atoms with Gasteiger partial charge in [-0.2, -0.15) is 9.97 Å². The fourth-order valence-electron chi connectivity index (χ4n) is 1.61. The molecule has 1 heterocycles. The van der Waals surface area contributed by atoms with E-state index in [0.717, 1.165) is 5.88 Å². The third kappa shape index (κ3) is 3.96. The summed E-state index contributed by atoms with van der Waals surface area (Å²) in [6.45, 7) is 8.50. The van der Waals surface area contributed by atoms with E-state index in [2.05, 4.69) is 58.9 Å². The number of halogens is 1. The molecule has 102 valence electrons. The zero-order chi connectivity index (χ0) is 13.7. The molecular formula is C11H20ClN5S. The van der Waals surface area contributed by atoms with Gasteiger partial charge in [0.25, 0.3) is 0 Å². The quantitative estimate of drug-likeness (QED) is 0.593. The highest BCUT2D eigenvalue weighted by Crippen LogP contribution is 2.19. The van der Waals surface area contributed by atoms with Crippen molar-refractivity contribution < 1.29 is 0 Å². The Hall–Kier alpha value is -0.590. The molecule has 7 heteroatoms. The summed E-state index contributed by atoms with van der Waals surface area (Å²) in [7, 11) is 0. The van der Waals surface area contributed by atoms with Crippen LogP contribution in [-0.4, -0.2) is 44.2 Å². The van der Waals surface area contributed by atoms with E-state index in [-0.39, 0.29) is 11.3 Å². The van der Waals surface area contributed by atoms with E-state index in [4.69, 9.17) is 11.6 Å². The molecule has 1 aromatic heterocycles. The number of hydrogen-bond donors (Lipinski definition) is 0. The standard InChI is InChI=1S/C11H20ClN5S/c1-8(2)16(7-18-5)17(9(3)4)11-14-6-13-10(12)15-11/h6,8-9H,7H2,1-5H3. The lowest BCUT2D eigenvalue weighted by atomic mass is 10.3. The van der Waals surface area contributed by atoms with E-state index < -0.39 is 0 Å². The van der Waals surface area contributed by atoms with Gasteiger partial charge in [-0.15, -0.1) is 11.8 Å². The zero-order valence-electron chi connectivity index (χ0n) is 11.5. The van der Waals surface area contributed by atoms with E-state index >= 15 is 0 Å². The van der Waals surface area contributed by atoms with Crippen molar-refractivity contribution in [1.82, 2.24) is 20.0 Å². The lowest BCUT2D eigenvalue weighted by Gasteiger charge is -2.39. The van der Waals surface area contributed by atoms with Gasteiger partial charge in [0.1, 0.15) is 6.33 Å². The monoisotopic (exact) mass is 289 g/mol. The third-order valence-electron chi connectivity index (χ3n) is 2.36. The average Bonchev–Trinajstić information content (AvgIpc) is 2.27. The molecule has 1 aromatic rings. The van der Waals surface area contributed by atoms with Crippen LogP contribution in [0, 0.1) is 0 Å². The maximum absolute atomic E-state index is 5.84. The molecule has 0 aliphatic rings. The number of hydrazine groups is 1. The maximum Gasteiger partial charge on any atom is 0.244 e. The average molecular weight is 290 g/mol. The molecular weight excluding hydrogens is 270 g/mol. The predicted octanol–water partition coefficient (Wildman–Crippen LogP) is 2.69. The van der Waals surface area contributed by atoms with Crippen LogP contribution in [0.3, 0.4) is 0 Å². The summed E-state index contributed by atoms with van der Waals surface area (Å²) in [6.07, 6.45) is 3.52. The molecule has 0 saturated heterocycles. The highest BCUT2D eigenvalue weighted by Gasteiger charge is 2.24. The first-order valence-electron chi connectivity index (χ1n) is 5.86. The van der Waals surface area contributed by atoms with Crippen LogP contribution in [-0.2, 0) is 0 Å².